The summed E-state index contributed by atoms with van der Waals surface area (Å²) in [4.78, 5) is 0. The lowest BCUT2D eigenvalue weighted by Crippen LogP contribution is -1.96. The number of hydrogen-bond donors (Lipinski definition) is 0. The van der Waals surface area contributed by atoms with E-state index in [1.807, 2.05) is 26.0 Å². The Morgan fingerprint density at radius 3 is 2.17 bits per heavy atom. The van der Waals surface area contributed by atoms with E-state index in [2.05, 4.69) is 18.3 Å². The number of benzene rings is 1. The number of aryl methyl sites for hydroxylation is 2. The van der Waals surface area contributed by atoms with E-state index in [9.17, 15) is 0 Å². The van der Waals surface area contributed by atoms with Gasteiger partial charge in [0.15, 0.2) is 0 Å². The van der Waals surface area contributed by atoms with Gasteiger partial charge in [-0.1, -0.05) is 6.07 Å². The van der Waals surface area contributed by atoms with E-state index in [1.54, 1.807) is 0 Å². The quantitative estimate of drug-likeness (QED) is 0.509. The van der Waals surface area contributed by atoms with Crippen LogP contribution in [0.15, 0.2) is 18.2 Å². The maximum Gasteiger partial charge on any atom is 0.260 e. The molecule has 0 N–H and O–H groups in total. The van der Waals surface area contributed by atoms with Crippen LogP contribution in [0.25, 0.3) is 0 Å². The molecular weight excluding hydrogens is 192 g/mol. The standard InChI is InChI=1S/C9H9ClOS/c1-6-3-7(2)5-8(4-6)11-9(10)12/h3-5H,1-2H3. The van der Waals surface area contributed by atoms with Crippen LogP contribution >= 0.6 is 23.8 Å². The van der Waals surface area contributed by atoms with Crippen LogP contribution < -0.4 is 4.74 Å². The zero-order valence-electron chi connectivity index (χ0n) is 6.93. The summed E-state index contributed by atoms with van der Waals surface area (Å²) in [5, 5.41) is 0. The van der Waals surface area contributed by atoms with E-state index in [-0.39, 0.29) is 4.51 Å². The van der Waals surface area contributed by atoms with E-state index in [4.69, 9.17) is 16.3 Å². The van der Waals surface area contributed by atoms with Crippen molar-refractivity contribution in [3.05, 3.63) is 29.3 Å². The van der Waals surface area contributed by atoms with E-state index in [1.165, 1.54) is 0 Å². The minimum absolute atomic E-state index is 0.0278. The van der Waals surface area contributed by atoms with Gasteiger partial charge in [0.2, 0.25) is 0 Å². The molecule has 0 atom stereocenters. The highest BCUT2D eigenvalue weighted by molar-refractivity contribution is 7.82. The summed E-state index contributed by atoms with van der Waals surface area (Å²) < 4.78 is 5.10. The van der Waals surface area contributed by atoms with Crippen molar-refractivity contribution >= 4 is 28.3 Å². The molecule has 0 amide bonds. The maximum atomic E-state index is 5.43. The first-order valence-corrected chi connectivity index (χ1v) is 4.32. The Morgan fingerprint density at radius 2 is 1.75 bits per heavy atom. The van der Waals surface area contributed by atoms with Crippen LogP contribution in [0, 0.1) is 13.8 Å². The second-order valence-corrected chi connectivity index (χ2v) is 3.60. The molecule has 0 aromatic heterocycles. The Labute approximate surface area is 82.3 Å². The Hall–Kier alpha value is -0.600. The van der Waals surface area contributed by atoms with E-state index in [0.29, 0.717) is 5.75 Å². The van der Waals surface area contributed by atoms with Crippen molar-refractivity contribution in [3.63, 3.8) is 0 Å². The predicted octanol–water partition coefficient (Wildman–Crippen LogP) is 3.21. The number of hydrogen-bond acceptors (Lipinski definition) is 2. The molecule has 0 saturated heterocycles. The number of thiocarbonyl (C=S) groups is 1. The van der Waals surface area contributed by atoms with Gasteiger partial charge in [0.05, 0.1) is 0 Å². The van der Waals surface area contributed by atoms with Crippen molar-refractivity contribution in [3.8, 4) is 5.75 Å². The molecule has 0 aliphatic rings. The SMILES string of the molecule is Cc1cc(C)cc(OC(=S)Cl)c1. The molecule has 0 aliphatic carbocycles. The van der Waals surface area contributed by atoms with Crippen molar-refractivity contribution in [2.45, 2.75) is 13.8 Å². The summed E-state index contributed by atoms with van der Waals surface area (Å²) in [5.41, 5.74) is 2.27. The second kappa shape index (κ2) is 3.87. The number of halogens is 1. The molecule has 64 valence electrons. The van der Waals surface area contributed by atoms with Crippen molar-refractivity contribution in [2.75, 3.05) is 0 Å². The summed E-state index contributed by atoms with van der Waals surface area (Å²) in [5.74, 6) is 0.701. The number of rotatable bonds is 1. The lowest BCUT2D eigenvalue weighted by molar-refractivity contribution is 0.576. The molecule has 0 unspecified atom stereocenters. The van der Waals surface area contributed by atoms with Crippen LogP contribution in [0.4, 0.5) is 0 Å². The fourth-order valence-corrected chi connectivity index (χ4v) is 1.27. The molecule has 1 nitrogen and oxygen atoms in total. The summed E-state index contributed by atoms with van der Waals surface area (Å²) in [6, 6.07) is 5.84. The summed E-state index contributed by atoms with van der Waals surface area (Å²) in [7, 11) is 0. The Morgan fingerprint density at radius 1 is 1.25 bits per heavy atom. The summed E-state index contributed by atoms with van der Waals surface area (Å²) >= 11 is 10.0. The minimum Gasteiger partial charge on any atom is -0.436 e. The first-order chi connectivity index (χ1) is 5.58. The second-order valence-electron chi connectivity index (χ2n) is 2.66. The summed E-state index contributed by atoms with van der Waals surface area (Å²) in [6.07, 6.45) is 0. The van der Waals surface area contributed by atoms with Gasteiger partial charge in [-0.25, -0.2) is 0 Å². The molecule has 0 spiro atoms. The molecule has 0 fully saturated rings. The lowest BCUT2D eigenvalue weighted by Gasteiger charge is -2.03. The molecule has 3 heteroatoms. The topological polar surface area (TPSA) is 9.23 Å². The van der Waals surface area contributed by atoms with Crippen LogP contribution in [-0.4, -0.2) is 4.51 Å². The van der Waals surface area contributed by atoms with E-state index >= 15 is 0 Å². The monoisotopic (exact) mass is 200 g/mol. The van der Waals surface area contributed by atoms with E-state index < -0.39 is 0 Å². The third kappa shape index (κ3) is 2.80. The van der Waals surface area contributed by atoms with Crippen molar-refractivity contribution in [1.82, 2.24) is 0 Å². The van der Waals surface area contributed by atoms with Crippen molar-refractivity contribution in [2.24, 2.45) is 0 Å². The first-order valence-electron chi connectivity index (χ1n) is 3.53. The molecule has 1 aromatic carbocycles. The Kier molecular flexibility index (Phi) is 3.06. The third-order valence-corrected chi connectivity index (χ3v) is 1.55. The highest BCUT2D eigenvalue weighted by Crippen LogP contribution is 2.16. The van der Waals surface area contributed by atoms with E-state index in [0.717, 1.165) is 11.1 Å². The van der Waals surface area contributed by atoms with Gasteiger partial charge in [-0.15, -0.1) is 0 Å². The molecule has 1 rings (SSSR count). The molecule has 0 saturated carbocycles. The largest absolute Gasteiger partial charge is 0.436 e. The molecular formula is C9H9ClOS. The van der Waals surface area contributed by atoms with Gasteiger partial charge in [0.1, 0.15) is 5.75 Å². The van der Waals surface area contributed by atoms with Gasteiger partial charge in [0.25, 0.3) is 4.51 Å². The molecule has 0 heterocycles. The van der Waals surface area contributed by atoms with Crippen LogP contribution in [0.5, 0.6) is 5.75 Å². The Balaban J connectivity index is 2.93. The van der Waals surface area contributed by atoms with Gasteiger partial charge in [-0.2, -0.15) is 0 Å². The van der Waals surface area contributed by atoms with Crippen LogP contribution in [0.3, 0.4) is 0 Å². The van der Waals surface area contributed by atoms with Gasteiger partial charge in [-0.3, -0.25) is 0 Å². The van der Waals surface area contributed by atoms with Crippen LogP contribution in [0.2, 0.25) is 0 Å². The van der Waals surface area contributed by atoms with Crippen LogP contribution in [-0.2, 0) is 0 Å². The average molecular weight is 201 g/mol. The summed E-state index contributed by atoms with van der Waals surface area (Å²) in [6.45, 7) is 3.99. The smallest absolute Gasteiger partial charge is 0.260 e. The predicted molar refractivity (Wildman–Crippen MR) is 55.0 cm³/mol. The fourth-order valence-electron chi connectivity index (χ4n) is 1.08. The van der Waals surface area contributed by atoms with Gasteiger partial charge in [0, 0.05) is 0 Å². The molecule has 0 bridgehead atoms. The van der Waals surface area contributed by atoms with Gasteiger partial charge in [-0.05, 0) is 60.9 Å². The number of ether oxygens (including phenoxy) is 1. The molecule has 1 aromatic rings. The zero-order chi connectivity index (χ0) is 9.14. The fraction of sp³-hybridized carbons (Fsp3) is 0.222. The average Bonchev–Trinajstić information content (AvgIpc) is 1.81. The lowest BCUT2D eigenvalue weighted by atomic mass is 10.1. The van der Waals surface area contributed by atoms with Gasteiger partial charge < -0.3 is 4.74 Å². The normalized spacial score (nSPS) is 9.58. The minimum atomic E-state index is 0.0278. The third-order valence-electron chi connectivity index (χ3n) is 1.39. The molecule has 12 heavy (non-hydrogen) atoms. The van der Waals surface area contributed by atoms with Gasteiger partial charge >= 0.3 is 0 Å². The van der Waals surface area contributed by atoms with Crippen molar-refractivity contribution in [1.29, 1.82) is 0 Å². The first kappa shape index (κ1) is 9.49. The highest BCUT2D eigenvalue weighted by Gasteiger charge is 1.98. The molecule has 0 aliphatic heterocycles. The molecule has 0 radical (unpaired) electrons. The van der Waals surface area contributed by atoms with Crippen molar-refractivity contribution < 1.29 is 4.74 Å². The Bertz CT molecular complexity index is 289. The maximum absolute atomic E-state index is 5.43. The highest BCUT2D eigenvalue weighted by atomic mass is 35.5. The van der Waals surface area contributed by atoms with Crippen LogP contribution in [0.1, 0.15) is 11.1 Å². The zero-order valence-corrected chi connectivity index (χ0v) is 8.50.